The minimum Gasteiger partial charge on any atom is -0.444 e. The summed E-state index contributed by atoms with van der Waals surface area (Å²) in [5.74, 6) is 5.56. The summed E-state index contributed by atoms with van der Waals surface area (Å²) in [5, 5.41) is 3.67. The van der Waals surface area contributed by atoms with E-state index in [9.17, 15) is 4.79 Å². The monoisotopic (exact) mass is 333 g/mol. The van der Waals surface area contributed by atoms with Gasteiger partial charge in [0, 0.05) is 5.56 Å². The molecule has 3 nitrogen and oxygen atoms in total. The Morgan fingerprint density at radius 1 is 1.20 bits per heavy atom. The summed E-state index contributed by atoms with van der Waals surface area (Å²) in [7, 11) is 0. The third-order valence-corrected chi connectivity index (χ3v) is 2.99. The zero-order valence-electron chi connectivity index (χ0n) is 11.3. The number of amides is 1. The Morgan fingerprint density at radius 2 is 1.80 bits per heavy atom. The van der Waals surface area contributed by atoms with Gasteiger partial charge in [-0.25, -0.2) is 4.79 Å². The Hall–Kier alpha value is -1.08. The van der Waals surface area contributed by atoms with Gasteiger partial charge in [0.25, 0.3) is 0 Å². The summed E-state index contributed by atoms with van der Waals surface area (Å²) >= 11 is 17.7. The van der Waals surface area contributed by atoms with Crippen LogP contribution in [-0.4, -0.2) is 18.2 Å². The number of carbonyl (C=O) groups excluding carboxylic acids is 1. The highest BCUT2D eigenvalue weighted by Crippen LogP contribution is 2.28. The van der Waals surface area contributed by atoms with Gasteiger partial charge in [-0.2, -0.15) is 0 Å². The largest absolute Gasteiger partial charge is 0.444 e. The lowest BCUT2D eigenvalue weighted by molar-refractivity contribution is 0.0535. The third-order valence-electron chi connectivity index (χ3n) is 1.95. The smallest absolute Gasteiger partial charge is 0.408 e. The number of rotatable bonds is 1. The van der Waals surface area contributed by atoms with Gasteiger partial charge in [-0.15, -0.1) is 0 Å². The van der Waals surface area contributed by atoms with Crippen molar-refractivity contribution in [3.05, 3.63) is 32.8 Å². The molecule has 0 saturated heterocycles. The summed E-state index contributed by atoms with van der Waals surface area (Å²) in [6.07, 6.45) is -0.521. The van der Waals surface area contributed by atoms with E-state index >= 15 is 0 Å². The minimum absolute atomic E-state index is 0.144. The lowest BCUT2D eigenvalue weighted by Crippen LogP contribution is -2.32. The van der Waals surface area contributed by atoms with Crippen molar-refractivity contribution in [1.82, 2.24) is 5.32 Å². The van der Waals surface area contributed by atoms with Crippen LogP contribution >= 0.6 is 34.8 Å². The fourth-order valence-electron chi connectivity index (χ4n) is 1.19. The van der Waals surface area contributed by atoms with Crippen molar-refractivity contribution in [2.24, 2.45) is 0 Å². The summed E-state index contributed by atoms with van der Waals surface area (Å²) in [6.45, 7) is 5.50. The third kappa shape index (κ3) is 5.92. The average molecular weight is 335 g/mol. The standard InChI is InChI=1S/C14H14Cl3NO2/c1-14(2,3)20-13(19)18-6-4-5-9-7-11(16)12(17)8-10(9)15/h7-8H,6H2,1-3H3,(H,18,19). The predicted octanol–water partition coefficient (Wildman–Crippen LogP) is 4.52. The molecule has 1 amide bonds. The van der Waals surface area contributed by atoms with Gasteiger partial charge in [-0.3, -0.25) is 0 Å². The number of carbonyl (C=O) groups is 1. The fourth-order valence-corrected chi connectivity index (χ4v) is 1.78. The average Bonchev–Trinajstić information content (AvgIpc) is 2.28. The van der Waals surface area contributed by atoms with Crippen LogP contribution in [0.4, 0.5) is 4.79 Å². The maximum Gasteiger partial charge on any atom is 0.408 e. The number of ether oxygens (including phenoxy) is 1. The first-order valence-electron chi connectivity index (χ1n) is 5.79. The molecule has 20 heavy (non-hydrogen) atoms. The molecular weight excluding hydrogens is 321 g/mol. The Morgan fingerprint density at radius 3 is 2.40 bits per heavy atom. The van der Waals surface area contributed by atoms with Crippen LogP contribution in [0.15, 0.2) is 12.1 Å². The molecule has 1 aromatic rings. The van der Waals surface area contributed by atoms with E-state index in [-0.39, 0.29) is 6.54 Å². The fraction of sp³-hybridized carbons (Fsp3) is 0.357. The van der Waals surface area contributed by atoms with Crippen molar-refractivity contribution >= 4 is 40.9 Å². The van der Waals surface area contributed by atoms with Crippen LogP contribution in [-0.2, 0) is 4.74 Å². The number of hydrogen-bond donors (Lipinski definition) is 1. The van der Waals surface area contributed by atoms with Gasteiger partial charge in [-0.05, 0) is 32.9 Å². The van der Waals surface area contributed by atoms with E-state index in [0.29, 0.717) is 20.6 Å². The summed E-state index contributed by atoms with van der Waals surface area (Å²) in [4.78, 5) is 11.4. The Balaban J connectivity index is 2.60. The molecule has 0 radical (unpaired) electrons. The molecule has 108 valence electrons. The van der Waals surface area contributed by atoms with Gasteiger partial charge in [0.05, 0.1) is 21.6 Å². The maximum absolute atomic E-state index is 11.4. The second-order valence-corrected chi connectivity index (χ2v) is 6.12. The molecule has 0 aromatic heterocycles. The molecule has 0 aliphatic heterocycles. The summed E-state index contributed by atoms with van der Waals surface area (Å²) in [5.41, 5.74) is 0.0110. The first-order valence-corrected chi connectivity index (χ1v) is 6.93. The first-order chi connectivity index (χ1) is 9.19. The SMILES string of the molecule is CC(C)(C)OC(=O)NCC#Cc1cc(Cl)c(Cl)cc1Cl. The zero-order valence-corrected chi connectivity index (χ0v) is 13.6. The molecule has 0 bridgehead atoms. The first kappa shape index (κ1) is 17.0. The van der Waals surface area contributed by atoms with Crippen LogP contribution in [0, 0.1) is 11.8 Å². The molecule has 0 fully saturated rings. The van der Waals surface area contributed by atoms with Crippen LogP contribution in [0.3, 0.4) is 0 Å². The molecule has 0 atom stereocenters. The molecule has 1 rings (SSSR count). The number of alkyl carbamates (subject to hydrolysis) is 1. The van der Waals surface area contributed by atoms with E-state index in [2.05, 4.69) is 17.2 Å². The Kier molecular flexibility index (Phi) is 6.01. The molecule has 0 aliphatic rings. The molecule has 0 saturated carbocycles. The molecular formula is C14H14Cl3NO2. The van der Waals surface area contributed by atoms with Gasteiger partial charge in [-0.1, -0.05) is 46.6 Å². The van der Waals surface area contributed by atoms with Crippen molar-refractivity contribution in [2.45, 2.75) is 26.4 Å². The molecule has 1 aromatic carbocycles. The number of hydrogen-bond acceptors (Lipinski definition) is 2. The molecule has 1 N–H and O–H groups in total. The van der Waals surface area contributed by atoms with E-state index in [4.69, 9.17) is 39.5 Å². The van der Waals surface area contributed by atoms with E-state index in [0.717, 1.165) is 0 Å². The number of halogens is 3. The van der Waals surface area contributed by atoms with Crippen LogP contribution in [0.5, 0.6) is 0 Å². The molecule has 0 heterocycles. The van der Waals surface area contributed by atoms with Crippen molar-refractivity contribution in [1.29, 1.82) is 0 Å². The molecule has 0 unspecified atom stereocenters. The maximum atomic E-state index is 11.4. The highest BCUT2D eigenvalue weighted by molar-refractivity contribution is 6.43. The molecule has 0 spiro atoms. The van der Waals surface area contributed by atoms with Crippen molar-refractivity contribution in [3.63, 3.8) is 0 Å². The van der Waals surface area contributed by atoms with E-state index in [1.54, 1.807) is 26.8 Å². The van der Waals surface area contributed by atoms with Crippen LogP contribution in [0.1, 0.15) is 26.3 Å². The highest BCUT2D eigenvalue weighted by Gasteiger charge is 2.15. The van der Waals surface area contributed by atoms with E-state index < -0.39 is 11.7 Å². The van der Waals surface area contributed by atoms with Crippen molar-refractivity contribution in [3.8, 4) is 11.8 Å². The van der Waals surface area contributed by atoms with Gasteiger partial charge in [0.1, 0.15) is 5.60 Å². The van der Waals surface area contributed by atoms with Crippen molar-refractivity contribution < 1.29 is 9.53 Å². The van der Waals surface area contributed by atoms with Crippen LogP contribution < -0.4 is 5.32 Å². The van der Waals surface area contributed by atoms with Gasteiger partial charge in [0.15, 0.2) is 0 Å². The van der Waals surface area contributed by atoms with Gasteiger partial charge in [0.2, 0.25) is 0 Å². The normalized spacial score (nSPS) is 10.5. The Labute approximate surface area is 133 Å². The molecule has 0 aliphatic carbocycles. The predicted molar refractivity (Wildman–Crippen MR) is 82.6 cm³/mol. The second kappa shape index (κ2) is 7.08. The van der Waals surface area contributed by atoms with Gasteiger partial charge < -0.3 is 10.1 Å². The van der Waals surface area contributed by atoms with E-state index in [1.807, 2.05) is 0 Å². The number of nitrogens with one attached hydrogen (secondary N) is 1. The van der Waals surface area contributed by atoms with Crippen molar-refractivity contribution in [2.75, 3.05) is 6.54 Å². The quantitative estimate of drug-likeness (QED) is 0.605. The van der Waals surface area contributed by atoms with E-state index in [1.165, 1.54) is 6.07 Å². The van der Waals surface area contributed by atoms with Crippen LogP contribution in [0.25, 0.3) is 0 Å². The van der Waals surface area contributed by atoms with Gasteiger partial charge >= 0.3 is 6.09 Å². The highest BCUT2D eigenvalue weighted by atomic mass is 35.5. The second-order valence-electron chi connectivity index (χ2n) is 4.90. The lowest BCUT2D eigenvalue weighted by Gasteiger charge is -2.19. The zero-order chi connectivity index (χ0) is 15.3. The summed E-state index contributed by atoms with van der Waals surface area (Å²) < 4.78 is 5.07. The number of benzene rings is 1. The summed E-state index contributed by atoms with van der Waals surface area (Å²) in [6, 6.07) is 3.10. The Bertz CT molecular complexity index is 568. The van der Waals surface area contributed by atoms with Crippen LogP contribution in [0.2, 0.25) is 15.1 Å². The minimum atomic E-state index is -0.537. The lowest BCUT2D eigenvalue weighted by atomic mass is 10.2. The molecule has 6 heteroatoms. The topological polar surface area (TPSA) is 38.3 Å².